The van der Waals surface area contributed by atoms with Crippen LogP contribution in [0.2, 0.25) is 0 Å². The molecule has 0 N–H and O–H groups in total. The molecule has 1 atom stereocenters. The fourth-order valence-electron chi connectivity index (χ4n) is 3.40. The number of benzene rings is 2. The van der Waals surface area contributed by atoms with Gasteiger partial charge in [-0.2, -0.15) is 5.10 Å². The van der Waals surface area contributed by atoms with Crippen molar-refractivity contribution in [3.05, 3.63) is 59.7 Å². The van der Waals surface area contributed by atoms with Crippen molar-refractivity contribution in [2.24, 2.45) is 5.10 Å². The van der Waals surface area contributed by atoms with Crippen molar-refractivity contribution >= 4 is 17.6 Å². The third-order valence-corrected chi connectivity index (χ3v) is 4.92. The average Bonchev–Trinajstić information content (AvgIpc) is 2.73. The van der Waals surface area contributed by atoms with Crippen LogP contribution in [0, 0.1) is 6.92 Å². The standard InChI is InChI=1S/C20H25N3/c1-15-10-12-16(13-11-15)23(5)21-14-19-20(2,3)17-8-6-7-9-18(17)22(19)4/h6-14,19H,1-5H3. The molecule has 0 aromatic heterocycles. The maximum atomic E-state index is 4.70. The highest BCUT2D eigenvalue weighted by atomic mass is 15.4. The summed E-state index contributed by atoms with van der Waals surface area (Å²) in [7, 11) is 4.15. The molecule has 0 saturated carbocycles. The van der Waals surface area contributed by atoms with Gasteiger partial charge in [0, 0.05) is 31.4 Å². The van der Waals surface area contributed by atoms with Crippen LogP contribution in [0.4, 0.5) is 11.4 Å². The fraction of sp³-hybridized carbons (Fsp3) is 0.350. The summed E-state index contributed by atoms with van der Waals surface area (Å²) in [6.45, 7) is 6.68. The first-order chi connectivity index (χ1) is 10.9. The number of nitrogens with zero attached hydrogens (tertiary/aromatic N) is 3. The Morgan fingerprint density at radius 3 is 2.39 bits per heavy atom. The van der Waals surface area contributed by atoms with E-state index in [-0.39, 0.29) is 11.5 Å². The van der Waals surface area contributed by atoms with Crippen LogP contribution in [0.1, 0.15) is 25.0 Å². The van der Waals surface area contributed by atoms with E-state index in [9.17, 15) is 0 Å². The highest BCUT2D eigenvalue weighted by Gasteiger charge is 2.41. The number of likely N-dealkylation sites (N-methyl/N-ethyl adjacent to an activating group) is 1. The Hall–Kier alpha value is -2.29. The van der Waals surface area contributed by atoms with E-state index < -0.39 is 0 Å². The molecule has 1 unspecified atom stereocenters. The van der Waals surface area contributed by atoms with Gasteiger partial charge in [-0.05, 0) is 30.7 Å². The first kappa shape index (κ1) is 15.6. The normalized spacial score (nSPS) is 19.2. The highest BCUT2D eigenvalue weighted by molar-refractivity contribution is 5.80. The number of hydrogen-bond acceptors (Lipinski definition) is 3. The van der Waals surface area contributed by atoms with Gasteiger partial charge in [0.05, 0.1) is 11.7 Å². The molecule has 3 heteroatoms. The molecule has 1 aliphatic rings. The second kappa shape index (κ2) is 5.73. The number of anilines is 2. The van der Waals surface area contributed by atoms with Gasteiger partial charge in [-0.25, -0.2) is 0 Å². The molecule has 0 spiro atoms. The highest BCUT2D eigenvalue weighted by Crippen LogP contribution is 2.43. The lowest BCUT2D eigenvalue weighted by atomic mass is 9.81. The Morgan fingerprint density at radius 2 is 1.74 bits per heavy atom. The quantitative estimate of drug-likeness (QED) is 0.625. The predicted octanol–water partition coefficient (Wildman–Crippen LogP) is 4.21. The molecule has 3 rings (SSSR count). The van der Waals surface area contributed by atoms with Crippen LogP contribution in [-0.2, 0) is 5.41 Å². The zero-order valence-corrected chi connectivity index (χ0v) is 14.6. The second-order valence-electron chi connectivity index (χ2n) is 6.92. The molecule has 0 bridgehead atoms. The molecule has 3 nitrogen and oxygen atoms in total. The third kappa shape index (κ3) is 2.72. The first-order valence-corrected chi connectivity index (χ1v) is 8.08. The summed E-state index contributed by atoms with van der Waals surface area (Å²) in [5.41, 5.74) is 5.09. The number of aryl methyl sites for hydroxylation is 1. The first-order valence-electron chi connectivity index (χ1n) is 8.08. The van der Waals surface area contributed by atoms with Gasteiger partial charge in [0.25, 0.3) is 0 Å². The van der Waals surface area contributed by atoms with Gasteiger partial charge >= 0.3 is 0 Å². The Morgan fingerprint density at radius 1 is 1.09 bits per heavy atom. The number of rotatable bonds is 3. The van der Waals surface area contributed by atoms with Crippen LogP contribution in [0.5, 0.6) is 0 Å². The molecule has 120 valence electrons. The second-order valence-corrected chi connectivity index (χ2v) is 6.92. The summed E-state index contributed by atoms with van der Waals surface area (Å²) in [4.78, 5) is 2.32. The summed E-state index contributed by atoms with van der Waals surface area (Å²) in [5, 5.41) is 6.64. The Bertz CT molecular complexity index is 716. The minimum Gasteiger partial charge on any atom is -0.365 e. The number of hydrogen-bond donors (Lipinski definition) is 0. The van der Waals surface area contributed by atoms with Gasteiger partial charge in [0.1, 0.15) is 0 Å². The molecule has 0 fully saturated rings. The van der Waals surface area contributed by atoms with Crippen LogP contribution < -0.4 is 9.91 Å². The predicted molar refractivity (Wildman–Crippen MR) is 99.7 cm³/mol. The maximum absolute atomic E-state index is 4.70. The molecular formula is C20H25N3. The van der Waals surface area contributed by atoms with E-state index in [0.29, 0.717) is 0 Å². The van der Waals surface area contributed by atoms with E-state index >= 15 is 0 Å². The van der Waals surface area contributed by atoms with E-state index in [0.717, 1.165) is 5.69 Å². The summed E-state index contributed by atoms with van der Waals surface area (Å²) in [6, 6.07) is 17.3. The van der Waals surface area contributed by atoms with Crippen molar-refractivity contribution in [3.8, 4) is 0 Å². The summed E-state index contributed by atoms with van der Waals surface area (Å²) < 4.78 is 0. The van der Waals surface area contributed by atoms with Gasteiger partial charge in [-0.1, -0.05) is 49.7 Å². The molecule has 0 amide bonds. The van der Waals surface area contributed by atoms with Gasteiger partial charge in [0.2, 0.25) is 0 Å². The van der Waals surface area contributed by atoms with Crippen LogP contribution >= 0.6 is 0 Å². The van der Waals surface area contributed by atoms with Crippen LogP contribution in [0.15, 0.2) is 53.6 Å². The molecule has 1 aliphatic heterocycles. The Balaban J connectivity index is 1.84. The molecule has 0 saturated heterocycles. The minimum absolute atomic E-state index is 0.0446. The minimum atomic E-state index is 0.0446. The molecule has 0 radical (unpaired) electrons. The lowest BCUT2D eigenvalue weighted by molar-refractivity contribution is 0.512. The molecule has 1 heterocycles. The van der Waals surface area contributed by atoms with Crippen molar-refractivity contribution in [1.82, 2.24) is 0 Å². The summed E-state index contributed by atoms with van der Waals surface area (Å²) in [6.07, 6.45) is 2.07. The monoisotopic (exact) mass is 307 g/mol. The SMILES string of the molecule is Cc1ccc(N(C)N=CC2N(C)c3ccccc3C2(C)C)cc1. The fourth-order valence-corrected chi connectivity index (χ4v) is 3.40. The topological polar surface area (TPSA) is 18.8 Å². The molecule has 2 aromatic rings. The number of para-hydroxylation sites is 1. The molecule has 0 aliphatic carbocycles. The third-order valence-electron chi connectivity index (χ3n) is 4.92. The van der Waals surface area contributed by atoms with E-state index in [2.05, 4.69) is 87.5 Å². The zero-order valence-electron chi connectivity index (χ0n) is 14.6. The van der Waals surface area contributed by atoms with Gasteiger partial charge in [0.15, 0.2) is 0 Å². The van der Waals surface area contributed by atoms with Crippen molar-refractivity contribution < 1.29 is 0 Å². The molecule has 2 aromatic carbocycles. The van der Waals surface area contributed by atoms with Crippen LogP contribution in [-0.4, -0.2) is 26.4 Å². The van der Waals surface area contributed by atoms with E-state index in [1.54, 1.807) is 0 Å². The van der Waals surface area contributed by atoms with Gasteiger partial charge < -0.3 is 4.90 Å². The maximum Gasteiger partial charge on any atom is 0.0750 e. The van der Waals surface area contributed by atoms with E-state index in [1.807, 2.05) is 12.1 Å². The molecule has 23 heavy (non-hydrogen) atoms. The Kier molecular flexibility index (Phi) is 3.88. The average molecular weight is 307 g/mol. The van der Waals surface area contributed by atoms with Gasteiger partial charge in [-0.3, -0.25) is 5.01 Å². The lowest BCUT2D eigenvalue weighted by Gasteiger charge is -2.29. The summed E-state index contributed by atoms with van der Waals surface area (Å²) in [5.74, 6) is 0. The van der Waals surface area contributed by atoms with Crippen molar-refractivity contribution in [2.75, 3.05) is 24.0 Å². The van der Waals surface area contributed by atoms with Crippen molar-refractivity contribution in [2.45, 2.75) is 32.2 Å². The largest absolute Gasteiger partial charge is 0.365 e. The lowest BCUT2D eigenvalue weighted by Crippen LogP contribution is -2.41. The number of fused-ring (bicyclic) bond motifs is 1. The van der Waals surface area contributed by atoms with Crippen LogP contribution in [0.25, 0.3) is 0 Å². The van der Waals surface area contributed by atoms with E-state index in [1.165, 1.54) is 16.8 Å². The number of hydrazone groups is 1. The van der Waals surface area contributed by atoms with E-state index in [4.69, 9.17) is 5.10 Å². The van der Waals surface area contributed by atoms with Gasteiger partial charge in [-0.15, -0.1) is 0 Å². The smallest absolute Gasteiger partial charge is 0.0750 e. The van der Waals surface area contributed by atoms with Crippen LogP contribution in [0.3, 0.4) is 0 Å². The molecular weight excluding hydrogens is 282 g/mol. The Labute approximate surface area is 139 Å². The summed E-state index contributed by atoms with van der Waals surface area (Å²) >= 11 is 0. The zero-order chi connectivity index (χ0) is 16.6. The van der Waals surface area contributed by atoms with Crippen molar-refractivity contribution in [3.63, 3.8) is 0 Å². The van der Waals surface area contributed by atoms with Crippen molar-refractivity contribution in [1.29, 1.82) is 0 Å².